The van der Waals surface area contributed by atoms with Gasteiger partial charge in [0.25, 0.3) is 0 Å². The van der Waals surface area contributed by atoms with Gasteiger partial charge in [0.1, 0.15) is 0 Å². The molecule has 0 aliphatic carbocycles. The van der Waals surface area contributed by atoms with E-state index >= 15 is 0 Å². The lowest BCUT2D eigenvalue weighted by Gasteiger charge is -2.15. The van der Waals surface area contributed by atoms with E-state index in [0.29, 0.717) is 0 Å². The van der Waals surface area contributed by atoms with Crippen molar-refractivity contribution in [3.63, 3.8) is 0 Å². The van der Waals surface area contributed by atoms with Gasteiger partial charge >= 0.3 is 0 Å². The fraction of sp³-hybridized carbons (Fsp3) is 0.750. The van der Waals surface area contributed by atoms with Gasteiger partial charge in [-0.2, -0.15) is 0 Å². The van der Waals surface area contributed by atoms with Gasteiger partial charge in [-0.1, -0.05) is 0 Å². The van der Waals surface area contributed by atoms with Crippen molar-refractivity contribution in [1.82, 2.24) is 5.43 Å². The van der Waals surface area contributed by atoms with Crippen molar-refractivity contribution in [1.29, 1.82) is 0 Å². The molecule has 3 nitrogen and oxygen atoms in total. The van der Waals surface area contributed by atoms with Gasteiger partial charge in [0.2, 0.25) is 6.34 Å². The number of rotatable bonds is 0. The first-order valence-electron chi connectivity index (χ1n) is 2.30. The molecule has 1 heterocycles. The van der Waals surface area contributed by atoms with Crippen molar-refractivity contribution in [3.8, 4) is 0 Å². The second-order valence-electron chi connectivity index (χ2n) is 2.34. The van der Waals surface area contributed by atoms with E-state index in [1.54, 1.807) is 0 Å². The first kappa shape index (κ1) is 4.59. The summed E-state index contributed by atoms with van der Waals surface area (Å²) in [6.45, 7) is 0.917. The predicted octanol–water partition coefficient (Wildman–Crippen LogP) is -0.433. The van der Waals surface area contributed by atoms with E-state index in [4.69, 9.17) is 0 Å². The molecule has 3 heteroatoms. The van der Waals surface area contributed by atoms with E-state index in [0.717, 1.165) is 11.2 Å². The minimum absolute atomic E-state index is 0.847. The van der Waals surface area contributed by atoms with Crippen molar-refractivity contribution in [2.75, 3.05) is 20.8 Å². The van der Waals surface area contributed by atoms with Gasteiger partial charge in [0, 0.05) is 0 Å². The Bertz CT molecular complexity index is 95.1. The molecule has 0 fully saturated rings. The number of nitrogens with zero attached hydrogens (tertiary/aromatic N) is 2. The molecule has 0 saturated carbocycles. The number of quaternary nitrogens is 1. The summed E-state index contributed by atoms with van der Waals surface area (Å²) in [4.78, 5) is 0. The van der Waals surface area contributed by atoms with Crippen LogP contribution >= 0.6 is 0 Å². The molecule has 0 atom stereocenters. The van der Waals surface area contributed by atoms with Crippen LogP contribution in [0.5, 0.6) is 0 Å². The summed E-state index contributed by atoms with van der Waals surface area (Å²) in [5.74, 6) is 0. The maximum absolute atomic E-state index is 3.83. The maximum Gasteiger partial charge on any atom is 0.208 e. The quantitative estimate of drug-likeness (QED) is 0.410. The third-order valence-corrected chi connectivity index (χ3v) is 0.940. The maximum atomic E-state index is 3.83. The lowest BCUT2D eigenvalue weighted by molar-refractivity contribution is -0.788. The minimum atomic E-state index is 0.847. The van der Waals surface area contributed by atoms with Crippen LogP contribution in [0.4, 0.5) is 0 Å². The Labute approximate surface area is 43.2 Å². The highest BCUT2D eigenvalue weighted by Gasteiger charge is 2.14. The standard InChI is InChI=1S/C4H10N3/c1-7(2)3-5-6-4-7/h3,6H,4H2,1-2H3/q+1. The third kappa shape index (κ3) is 0.899. The zero-order valence-corrected chi connectivity index (χ0v) is 4.68. The average molecular weight is 100 g/mol. The second-order valence-corrected chi connectivity index (χ2v) is 2.34. The Morgan fingerprint density at radius 1 is 1.71 bits per heavy atom. The van der Waals surface area contributed by atoms with Crippen molar-refractivity contribution in [3.05, 3.63) is 0 Å². The normalized spacial score (nSPS) is 24.9. The third-order valence-electron chi connectivity index (χ3n) is 0.940. The Morgan fingerprint density at radius 3 is 2.57 bits per heavy atom. The highest BCUT2D eigenvalue weighted by Crippen LogP contribution is 1.92. The lowest BCUT2D eigenvalue weighted by Crippen LogP contribution is -2.37. The van der Waals surface area contributed by atoms with E-state index in [9.17, 15) is 0 Å². The van der Waals surface area contributed by atoms with Gasteiger partial charge in [-0.05, 0) is 0 Å². The van der Waals surface area contributed by atoms with Crippen LogP contribution in [0.2, 0.25) is 0 Å². The monoisotopic (exact) mass is 100 g/mol. The molecule has 0 unspecified atom stereocenters. The lowest BCUT2D eigenvalue weighted by atomic mass is 10.7. The Balaban J connectivity index is 2.57. The van der Waals surface area contributed by atoms with Crippen molar-refractivity contribution in [2.45, 2.75) is 0 Å². The van der Waals surface area contributed by atoms with Crippen molar-refractivity contribution < 1.29 is 4.48 Å². The smallest absolute Gasteiger partial charge is 0.208 e. The summed E-state index contributed by atoms with van der Waals surface area (Å²) in [7, 11) is 4.17. The van der Waals surface area contributed by atoms with Gasteiger partial charge in [-0.3, -0.25) is 9.91 Å². The predicted molar refractivity (Wildman–Crippen MR) is 28.6 cm³/mol. The number of nitrogens with one attached hydrogen (secondary N) is 1. The van der Waals surface area contributed by atoms with Gasteiger partial charge in [0.15, 0.2) is 6.67 Å². The summed E-state index contributed by atoms with van der Waals surface area (Å²) in [5, 5.41) is 3.83. The van der Waals surface area contributed by atoms with Crippen molar-refractivity contribution >= 4 is 6.34 Å². The molecule has 7 heavy (non-hydrogen) atoms. The van der Waals surface area contributed by atoms with E-state index in [2.05, 4.69) is 24.6 Å². The first-order chi connectivity index (χ1) is 3.21. The van der Waals surface area contributed by atoms with E-state index in [1.165, 1.54) is 0 Å². The highest BCUT2D eigenvalue weighted by molar-refractivity contribution is 5.46. The highest BCUT2D eigenvalue weighted by atomic mass is 15.5. The van der Waals surface area contributed by atoms with Crippen LogP contribution in [0.3, 0.4) is 0 Å². The molecule has 0 amide bonds. The molecule has 1 rings (SSSR count). The zero-order valence-electron chi connectivity index (χ0n) is 4.68. The average Bonchev–Trinajstić information content (AvgIpc) is 1.84. The largest absolute Gasteiger partial charge is 0.267 e. The molecule has 0 aromatic rings. The molecule has 40 valence electrons. The fourth-order valence-corrected chi connectivity index (χ4v) is 0.461. The van der Waals surface area contributed by atoms with Gasteiger partial charge in [-0.25, -0.2) is 0 Å². The molecule has 0 aromatic heterocycles. The van der Waals surface area contributed by atoms with Crippen LogP contribution in [-0.2, 0) is 0 Å². The molecule has 1 aliphatic heterocycles. The first-order valence-corrected chi connectivity index (χ1v) is 2.30. The van der Waals surface area contributed by atoms with Crippen molar-refractivity contribution in [2.24, 2.45) is 5.10 Å². The summed E-state index contributed by atoms with van der Waals surface area (Å²) in [6.07, 6.45) is 1.88. The van der Waals surface area contributed by atoms with Crippen LogP contribution in [0.15, 0.2) is 5.10 Å². The van der Waals surface area contributed by atoms with E-state index in [1.807, 2.05) is 6.34 Å². The molecular formula is C4H10N3+. The summed E-state index contributed by atoms with van der Waals surface area (Å²) in [5.41, 5.74) is 2.85. The minimum Gasteiger partial charge on any atom is -0.267 e. The molecule has 0 spiro atoms. The van der Waals surface area contributed by atoms with Gasteiger partial charge in [0.05, 0.1) is 14.1 Å². The zero-order chi connectivity index (χ0) is 5.33. The molecule has 0 aromatic carbocycles. The van der Waals surface area contributed by atoms with Crippen LogP contribution in [0.25, 0.3) is 0 Å². The van der Waals surface area contributed by atoms with Crippen LogP contribution in [-0.4, -0.2) is 31.6 Å². The number of hydrazone groups is 1. The molecule has 0 bridgehead atoms. The van der Waals surface area contributed by atoms with E-state index in [-0.39, 0.29) is 0 Å². The molecule has 1 N–H and O–H groups in total. The summed E-state index contributed by atoms with van der Waals surface area (Å²) < 4.78 is 0.847. The van der Waals surface area contributed by atoms with Gasteiger partial charge in [-0.15, -0.1) is 5.10 Å². The SMILES string of the molecule is C[N+]1(C)C=NNC1. The Hall–Kier alpha value is -0.570. The number of hydrogen-bond donors (Lipinski definition) is 1. The fourth-order valence-electron chi connectivity index (χ4n) is 0.461. The topological polar surface area (TPSA) is 24.4 Å². The Morgan fingerprint density at radius 2 is 2.43 bits per heavy atom. The van der Waals surface area contributed by atoms with Crippen LogP contribution in [0.1, 0.15) is 0 Å². The van der Waals surface area contributed by atoms with Crippen LogP contribution < -0.4 is 5.43 Å². The van der Waals surface area contributed by atoms with E-state index < -0.39 is 0 Å². The summed E-state index contributed by atoms with van der Waals surface area (Å²) in [6, 6.07) is 0. The molecular weight excluding hydrogens is 90.1 g/mol. The molecule has 0 saturated heterocycles. The number of hydrogen-bond acceptors (Lipinski definition) is 2. The molecule has 1 aliphatic rings. The molecule has 0 radical (unpaired) electrons. The second kappa shape index (κ2) is 1.20. The summed E-state index contributed by atoms with van der Waals surface area (Å²) >= 11 is 0. The Kier molecular flexibility index (Phi) is 0.785. The van der Waals surface area contributed by atoms with Gasteiger partial charge < -0.3 is 0 Å². The van der Waals surface area contributed by atoms with Crippen LogP contribution in [0, 0.1) is 0 Å².